The van der Waals surface area contributed by atoms with Gasteiger partial charge >= 0.3 is 0 Å². The van der Waals surface area contributed by atoms with Gasteiger partial charge in [0.15, 0.2) is 6.61 Å². The molecule has 0 fully saturated rings. The van der Waals surface area contributed by atoms with E-state index < -0.39 is 0 Å². The van der Waals surface area contributed by atoms with Gasteiger partial charge in [0.25, 0.3) is 5.91 Å². The molecule has 5 heteroatoms. The average molecular weight is 329 g/mol. The Kier molecular flexibility index (Phi) is 4.59. The summed E-state index contributed by atoms with van der Waals surface area (Å²) in [4.78, 5) is 15.0. The van der Waals surface area contributed by atoms with E-state index in [9.17, 15) is 4.79 Å². The van der Waals surface area contributed by atoms with Gasteiger partial charge in [-0.1, -0.05) is 6.07 Å². The molecule has 0 spiro atoms. The number of aryl methyl sites for hydroxylation is 2. The Morgan fingerprint density at radius 3 is 2.78 bits per heavy atom. The summed E-state index contributed by atoms with van der Waals surface area (Å²) in [5, 5.41) is 0. The summed E-state index contributed by atoms with van der Waals surface area (Å²) in [5.74, 6) is 0.666. The van der Waals surface area contributed by atoms with E-state index in [0.29, 0.717) is 12.3 Å². The molecule has 23 heavy (non-hydrogen) atoms. The van der Waals surface area contributed by atoms with Crippen LogP contribution in [0.25, 0.3) is 0 Å². The number of ether oxygens (including phenoxy) is 1. The number of carbonyl (C=O) groups is 1. The number of hydrogen-bond acceptors (Lipinski definition) is 4. The molecule has 0 radical (unpaired) electrons. The Balaban J connectivity index is 1.67. The molecule has 2 aromatic carbocycles. The van der Waals surface area contributed by atoms with Gasteiger partial charge < -0.3 is 14.2 Å². The monoisotopic (exact) mass is 329 g/mol. The van der Waals surface area contributed by atoms with Crippen LogP contribution in [0.3, 0.4) is 0 Å². The molecule has 2 aromatic rings. The SMILES string of the molecule is Cc1ccc(OCC(=O)N2CCc3cc(SO)ccc32)cc1C. The van der Waals surface area contributed by atoms with Gasteiger partial charge in [-0.25, -0.2) is 0 Å². The maximum atomic E-state index is 12.4. The standard InChI is InChI=1S/C18H19NO3S/c1-12-3-4-15(9-13(12)2)22-11-18(20)19-8-7-14-10-16(23-21)5-6-17(14)19/h3-6,9-10,21H,7-8,11H2,1-2H3. The fourth-order valence-electron chi connectivity index (χ4n) is 2.72. The number of rotatable bonds is 4. The smallest absolute Gasteiger partial charge is 0.264 e. The Bertz CT molecular complexity index is 745. The van der Waals surface area contributed by atoms with E-state index in [1.807, 2.05) is 50.2 Å². The molecule has 0 saturated carbocycles. The van der Waals surface area contributed by atoms with Crippen molar-refractivity contribution in [3.8, 4) is 5.75 Å². The van der Waals surface area contributed by atoms with E-state index in [1.54, 1.807) is 4.90 Å². The van der Waals surface area contributed by atoms with Crippen LogP contribution in [0.4, 0.5) is 5.69 Å². The van der Waals surface area contributed by atoms with E-state index in [2.05, 4.69) is 0 Å². The average Bonchev–Trinajstić information content (AvgIpc) is 2.98. The third-order valence-electron chi connectivity index (χ3n) is 4.19. The third-order valence-corrected chi connectivity index (χ3v) is 4.66. The molecule has 1 heterocycles. The van der Waals surface area contributed by atoms with Crippen molar-refractivity contribution >= 4 is 23.6 Å². The molecule has 0 unspecified atom stereocenters. The first-order valence-corrected chi connectivity index (χ1v) is 8.30. The molecule has 1 amide bonds. The normalized spacial score (nSPS) is 13.1. The minimum absolute atomic E-state index is 0.0262. The van der Waals surface area contributed by atoms with Crippen molar-refractivity contribution in [2.24, 2.45) is 0 Å². The van der Waals surface area contributed by atoms with Crippen LogP contribution < -0.4 is 9.64 Å². The van der Waals surface area contributed by atoms with Gasteiger partial charge in [-0.15, -0.1) is 0 Å². The van der Waals surface area contributed by atoms with Crippen molar-refractivity contribution in [3.63, 3.8) is 0 Å². The zero-order chi connectivity index (χ0) is 16.4. The number of amides is 1. The summed E-state index contributed by atoms with van der Waals surface area (Å²) >= 11 is 0.726. The van der Waals surface area contributed by atoms with Crippen LogP contribution in [0.1, 0.15) is 16.7 Å². The Morgan fingerprint density at radius 1 is 1.22 bits per heavy atom. The summed E-state index contributed by atoms with van der Waals surface area (Å²) in [7, 11) is 0. The second-order valence-corrected chi connectivity index (χ2v) is 6.37. The van der Waals surface area contributed by atoms with Gasteiger partial charge in [0.1, 0.15) is 5.75 Å². The molecular weight excluding hydrogens is 310 g/mol. The first kappa shape index (κ1) is 15.9. The molecule has 0 atom stereocenters. The van der Waals surface area contributed by atoms with E-state index >= 15 is 0 Å². The second-order valence-electron chi connectivity index (χ2n) is 5.71. The van der Waals surface area contributed by atoms with Gasteiger partial charge in [0.05, 0.1) is 0 Å². The van der Waals surface area contributed by atoms with Crippen molar-refractivity contribution in [2.45, 2.75) is 25.2 Å². The number of hydrogen-bond donors (Lipinski definition) is 1. The number of benzene rings is 2. The maximum absolute atomic E-state index is 12.4. The zero-order valence-electron chi connectivity index (χ0n) is 13.2. The van der Waals surface area contributed by atoms with Gasteiger partial charge in [0, 0.05) is 29.2 Å². The van der Waals surface area contributed by atoms with Crippen molar-refractivity contribution in [1.82, 2.24) is 0 Å². The molecule has 3 rings (SSSR count). The van der Waals surface area contributed by atoms with E-state index in [0.717, 1.165) is 40.2 Å². The van der Waals surface area contributed by atoms with Crippen molar-refractivity contribution in [1.29, 1.82) is 0 Å². The molecule has 1 aliphatic heterocycles. The molecular formula is C18H19NO3S. The zero-order valence-corrected chi connectivity index (χ0v) is 14.0. The van der Waals surface area contributed by atoms with Crippen LogP contribution in [0, 0.1) is 13.8 Å². The summed E-state index contributed by atoms with van der Waals surface area (Å²) in [5.41, 5.74) is 4.35. The molecule has 0 aromatic heterocycles. The summed E-state index contributed by atoms with van der Waals surface area (Å²) in [6.07, 6.45) is 0.805. The van der Waals surface area contributed by atoms with Gasteiger partial charge in [-0.2, -0.15) is 0 Å². The highest BCUT2D eigenvalue weighted by Gasteiger charge is 2.25. The topological polar surface area (TPSA) is 49.8 Å². The second kappa shape index (κ2) is 6.64. The van der Waals surface area contributed by atoms with Gasteiger partial charge in [-0.3, -0.25) is 4.79 Å². The quantitative estimate of drug-likeness (QED) is 0.866. The molecule has 1 aliphatic rings. The van der Waals surface area contributed by atoms with E-state index in [1.165, 1.54) is 5.56 Å². The van der Waals surface area contributed by atoms with Gasteiger partial charge in [0.2, 0.25) is 0 Å². The Hall–Kier alpha value is -1.98. The number of carbonyl (C=O) groups excluding carboxylic acids is 1. The lowest BCUT2D eigenvalue weighted by atomic mass is 10.1. The van der Waals surface area contributed by atoms with E-state index in [-0.39, 0.29) is 12.5 Å². The van der Waals surface area contributed by atoms with Crippen LogP contribution in [-0.2, 0) is 11.2 Å². The molecule has 0 bridgehead atoms. The number of nitrogens with zero attached hydrogens (tertiary/aromatic N) is 1. The lowest BCUT2D eigenvalue weighted by Gasteiger charge is -2.18. The highest BCUT2D eigenvalue weighted by atomic mass is 32.2. The molecule has 4 nitrogen and oxygen atoms in total. The Morgan fingerprint density at radius 2 is 2.04 bits per heavy atom. The fraction of sp³-hybridized carbons (Fsp3) is 0.278. The maximum Gasteiger partial charge on any atom is 0.264 e. The summed E-state index contributed by atoms with van der Waals surface area (Å²) in [6.45, 7) is 4.75. The highest BCUT2D eigenvalue weighted by molar-refractivity contribution is 7.93. The fourth-order valence-corrected chi connectivity index (χ4v) is 3.04. The Labute approximate surface area is 140 Å². The lowest BCUT2D eigenvalue weighted by Crippen LogP contribution is -2.33. The highest BCUT2D eigenvalue weighted by Crippen LogP contribution is 2.31. The van der Waals surface area contributed by atoms with Crippen LogP contribution in [0.5, 0.6) is 5.75 Å². The third kappa shape index (κ3) is 3.35. The molecule has 1 N–H and O–H groups in total. The van der Waals surface area contributed by atoms with Crippen LogP contribution >= 0.6 is 12.0 Å². The minimum atomic E-state index is -0.0496. The summed E-state index contributed by atoms with van der Waals surface area (Å²) in [6, 6.07) is 11.5. The van der Waals surface area contributed by atoms with E-state index in [4.69, 9.17) is 9.29 Å². The number of fused-ring (bicyclic) bond motifs is 1. The lowest BCUT2D eigenvalue weighted by molar-refractivity contribution is -0.120. The van der Waals surface area contributed by atoms with Crippen molar-refractivity contribution in [2.75, 3.05) is 18.1 Å². The molecule has 0 saturated heterocycles. The van der Waals surface area contributed by atoms with Crippen LogP contribution in [-0.4, -0.2) is 23.6 Å². The van der Waals surface area contributed by atoms with Crippen molar-refractivity contribution in [3.05, 3.63) is 53.1 Å². The predicted octanol–water partition coefficient (Wildman–Crippen LogP) is 3.84. The van der Waals surface area contributed by atoms with Crippen molar-refractivity contribution < 1.29 is 14.1 Å². The number of anilines is 1. The van der Waals surface area contributed by atoms with Crippen LogP contribution in [0.2, 0.25) is 0 Å². The summed E-state index contributed by atoms with van der Waals surface area (Å²) < 4.78 is 14.8. The molecule has 120 valence electrons. The first-order valence-electron chi connectivity index (χ1n) is 7.53. The predicted molar refractivity (Wildman–Crippen MR) is 92.4 cm³/mol. The van der Waals surface area contributed by atoms with Gasteiger partial charge in [-0.05, 0) is 67.3 Å². The largest absolute Gasteiger partial charge is 0.484 e. The first-order chi connectivity index (χ1) is 11.1. The minimum Gasteiger partial charge on any atom is -0.484 e. The molecule has 0 aliphatic carbocycles. The van der Waals surface area contributed by atoms with Crippen LogP contribution in [0.15, 0.2) is 41.3 Å².